The highest BCUT2D eigenvalue weighted by Gasteiger charge is 2.23. The molecule has 0 aromatic heterocycles. The van der Waals surface area contributed by atoms with Crippen LogP contribution in [0.3, 0.4) is 0 Å². The van der Waals surface area contributed by atoms with E-state index in [9.17, 15) is 4.79 Å². The quantitative estimate of drug-likeness (QED) is 0.517. The van der Waals surface area contributed by atoms with Gasteiger partial charge in [-0.25, -0.2) is 4.79 Å². The molecular weight excluding hydrogens is 174 g/mol. The molecule has 0 bridgehead atoms. The van der Waals surface area contributed by atoms with Gasteiger partial charge < -0.3 is 10.1 Å². The summed E-state index contributed by atoms with van der Waals surface area (Å²) in [7, 11) is 0. The average molecular weight is 187 g/mol. The van der Waals surface area contributed by atoms with E-state index in [1.165, 1.54) is 0 Å². The maximum absolute atomic E-state index is 11.2. The second-order valence-corrected chi connectivity index (χ2v) is 3.26. The molecule has 1 atom stereocenters. The van der Waals surface area contributed by atoms with Crippen LogP contribution in [0.5, 0.6) is 0 Å². The van der Waals surface area contributed by atoms with E-state index >= 15 is 0 Å². The lowest BCUT2D eigenvalue weighted by Gasteiger charge is -2.23. The molecule has 1 N–H and O–H groups in total. The fraction of sp³-hybridized carbons (Fsp3) is 0.750. The molecule has 1 aliphatic rings. The summed E-state index contributed by atoms with van der Waals surface area (Å²) < 4.78 is 4.87. The highest BCUT2D eigenvalue weighted by molar-refractivity contribution is 7.80. The van der Waals surface area contributed by atoms with Gasteiger partial charge in [0.05, 0.1) is 11.6 Å². The maximum atomic E-state index is 11.2. The van der Waals surface area contributed by atoms with Gasteiger partial charge in [0.25, 0.3) is 0 Å². The van der Waals surface area contributed by atoms with E-state index in [0.717, 1.165) is 24.3 Å². The lowest BCUT2D eigenvalue weighted by molar-refractivity contribution is -0.145. The Bertz CT molecular complexity index is 193. The maximum Gasteiger partial charge on any atom is 0.328 e. The zero-order valence-corrected chi connectivity index (χ0v) is 7.95. The molecule has 68 valence electrons. The molecule has 1 fully saturated rings. The standard InChI is InChI=1S/C8H13NO2S/c1-2-11-8(10)6-4-3-5-7(12)9-6/h6H,2-5H2,1H3,(H,9,12)/t6-/m1/s1. The highest BCUT2D eigenvalue weighted by atomic mass is 32.1. The zero-order valence-electron chi connectivity index (χ0n) is 7.13. The Labute approximate surface area is 77.5 Å². The molecule has 0 saturated carbocycles. The van der Waals surface area contributed by atoms with Crippen molar-refractivity contribution in [3.05, 3.63) is 0 Å². The SMILES string of the molecule is CCOC(=O)[C@H]1CCCC(=S)N1. The number of hydrogen-bond acceptors (Lipinski definition) is 3. The largest absolute Gasteiger partial charge is 0.464 e. The number of thiocarbonyl (C=S) groups is 1. The van der Waals surface area contributed by atoms with Crippen LogP contribution >= 0.6 is 12.2 Å². The summed E-state index contributed by atoms with van der Waals surface area (Å²) in [6, 6.07) is -0.203. The predicted molar refractivity (Wildman–Crippen MR) is 50.0 cm³/mol. The number of ether oxygens (including phenoxy) is 1. The Morgan fingerprint density at radius 2 is 2.58 bits per heavy atom. The number of hydrogen-bond donors (Lipinski definition) is 1. The highest BCUT2D eigenvalue weighted by Crippen LogP contribution is 2.10. The van der Waals surface area contributed by atoms with Crippen molar-refractivity contribution >= 4 is 23.2 Å². The van der Waals surface area contributed by atoms with Gasteiger partial charge in [0.2, 0.25) is 0 Å². The molecule has 3 nitrogen and oxygen atoms in total. The molecule has 0 amide bonds. The number of piperidine rings is 1. The first-order valence-electron chi connectivity index (χ1n) is 4.20. The molecule has 0 aliphatic carbocycles. The van der Waals surface area contributed by atoms with Crippen molar-refractivity contribution in [2.24, 2.45) is 0 Å². The second kappa shape index (κ2) is 4.40. The van der Waals surface area contributed by atoms with E-state index in [1.54, 1.807) is 6.92 Å². The van der Waals surface area contributed by atoms with Crippen LogP contribution in [0.4, 0.5) is 0 Å². The topological polar surface area (TPSA) is 38.3 Å². The van der Waals surface area contributed by atoms with Crippen LogP contribution in [0.25, 0.3) is 0 Å². The molecule has 0 radical (unpaired) electrons. The minimum absolute atomic E-state index is 0.181. The van der Waals surface area contributed by atoms with Crippen LogP contribution in [0.15, 0.2) is 0 Å². The van der Waals surface area contributed by atoms with Crippen LogP contribution in [-0.2, 0) is 9.53 Å². The van der Waals surface area contributed by atoms with E-state index in [0.29, 0.717) is 6.61 Å². The van der Waals surface area contributed by atoms with Gasteiger partial charge in [-0.3, -0.25) is 0 Å². The Balaban J connectivity index is 2.40. The van der Waals surface area contributed by atoms with Gasteiger partial charge in [-0.2, -0.15) is 0 Å². The van der Waals surface area contributed by atoms with Crippen molar-refractivity contribution in [2.75, 3.05) is 6.61 Å². The van der Waals surface area contributed by atoms with Crippen LogP contribution < -0.4 is 5.32 Å². The number of esters is 1. The van der Waals surface area contributed by atoms with Crippen molar-refractivity contribution in [1.29, 1.82) is 0 Å². The van der Waals surface area contributed by atoms with Gasteiger partial charge in [-0.05, 0) is 26.2 Å². The molecule has 12 heavy (non-hydrogen) atoms. The minimum atomic E-state index is -0.203. The van der Waals surface area contributed by atoms with Gasteiger partial charge in [-0.15, -0.1) is 0 Å². The molecule has 1 rings (SSSR count). The zero-order chi connectivity index (χ0) is 8.97. The fourth-order valence-corrected chi connectivity index (χ4v) is 1.51. The summed E-state index contributed by atoms with van der Waals surface area (Å²) >= 11 is 4.97. The van der Waals surface area contributed by atoms with Crippen molar-refractivity contribution in [2.45, 2.75) is 32.2 Å². The molecule has 1 saturated heterocycles. The van der Waals surface area contributed by atoms with E-state index < -0.39 is 0 Å². The number of carbonyl (C=O) groups excluding carboxylic acids is 1. The van der Waals surface area contributed by atoms with Crippen LogP contribution in [0.1, 0.15) is 26.2 Å². The summed E-state index contributed by atoms with van der Waals surface area (Å²) in [5.74, 6) is -0.181. The Morgan fingerprint density at radius 1 is 1.83 bits per heavy atom. The van der Waals surface area contributed by atoms with Crippen molar-refractivity contribution in [3.63, 3.8) is 0 Å². The smallest absolute Gasteiger partial charge is 0.328 e. The molecule has 4 heteroatoms. The summed E-state index contributed by atoms with van der Waals surface area (Å²) in [4.78, 5) is 12.0. The Morgan fingerprint density at radius 3 is 3.17 bits per heavy atom. The fourth-order valence-electron chi connectivity index (χ4n) is 1.23. The van der Waals surface area contributed by atoms with Crippen molar-refractivity contribution in [1.82, 2.24) is 5.32 Å². The van der Waals surface area contributed by atoms with E-state index in [-0.39, 0.29) is 12.0 Å². The molecule has 0 unspecified atom stereocenters. The number of carbonyl (C=O) groups is 1. The van der Waals surface area contributed by atoms with Crippen LogP contribution in [-0.4, -0.2) is 23.6 Å². The van der Waals surface area contributed by atoms with E-state index in [4.69, 9.17) is 17.0 Å². The molecule has 0 spiro atoms. The minimum Gasteiger partial charge on any atom is -0.464 e. The van der Waals surface area contributed by atoms with E-state index in [1.807, 2.05) is 0 Å². The van der Waals surface area contributed by atoms with Gasteiger partial charge >= 0.3 is 5.97 Å². The predicted octanol–water partition coefficient (Wildman–Crippen LogP) is 1.02. The van der Waals surface area contributed by atoms with Crippen molar-refractivity contribution < 1.29 is 9.53 Å². The average Bonchev–Trinajstić information content (AvgIpc) is 2.05. The van der Waals surface area contributed by atoms with Crippen LogP contribution in [0.2, 0.25) is 0 Å². The summed E-state index contributed by atoms with van der Waals surface area (Å²) in [5.41, 5.74) is 0. The first kappa shape index (κ1) is 9.45. The van der Waals surface area contributed by atoms with Gasteiger partial charge in [0, 0.05) is 0 Å². The molecule has 1 heterocycles. The molecule has 0 aromatic rings. The van der Waals surface area contributed by atoms with Gasteiger partial charge in [-0.1, -0.05) is 12.2 Å². The number of rotatable bonds is 2. The lowest BCUT2D eigenvalue weighted by atomic mass is 10.1. The number of nitrogens with one attached hydrogen (secondary N) is 1. The Hall–Kier alpha value is -0.640. The first-order chi connectivity index (χ1) is 5.74. The first-order valence-corrected chi connectivity index (χ1v) is 4.61. The third-order valence-electron chi connectivity index (χ3n) is 1.80. The summed E-state index contributed by atoms with van der Waals surface area (Å²) in [6.45, 7) is 2.24. The molecule has 0 aromatic carbocycles. The molecule has 1 aliphatic heterocycles. The summed E-state index contributed by atoms with van der Waals surface area (Å²) in [6.07, 6.45) is 2.71. The lowest BCUT2D eigenvalue weighted by Crippen LogP contribution is -2.44. The third kappa shape index (κ3) is 2.44. The second-order valence-electron chi connectivity index (χ2n) is 2.76. The van der Waals surface area contributed by atoms with E-state index in [2.05, 4.69) is 5.32 Å². The summed E-state index contributed by atoms with van der Waals surface area (Å²) in [5, 5.41) is 2.96. The normalized spacial score (nSPS) is 23.1. The van der Waals surface area contributed by atoms with Gasteiger partial charge in [0.1, 0.15) is 6.04 Å². The van der Waals surface area contributed by atoms with Crippen molar-refractivity contribution in [3.8, 4) is 0 Å². The van der Waals surface area contributed by atoms with Crippen LogP contribution in [0, 0.1) is 0 Å². The third-order valence-corrected chi connectivity index (χ3v) is 2.12. The van der Waals surface area contributed by atoms with Gasteiger partial charge in [0.15, 0.2) is 0 Å². The monoisotopic (exact) mass is 187 g/mol. The Kier molecular flexibility index (Phi) is 3.47. The molecular formula is C8H13NO2S.